The van der Waals surface area contributed by atoms with Crippen molar-refractivity contribution in [1.82, 2.24) is 0 Å². The first kappa shape index (κ1) is 16.7. The van der Waals surface area contributed by atoms with Gasteiger partial charge in [0.05, 0.1) is 0 Å². The largest absolute Gasteiger partial charge is 0.427 e. The van der Waals surface area contributed by atoms with Crippen LogP contribution in [0.4, 0.5) is 5.69 Å². The average molecular weight is 361 g/mol. The number of anilines is 1. The Hall–Kier alpha value is -2.72. The summed E-state index contributed by atoms with van der Waals surface area (Å²) < 4.78 is 5.29. The maximum atomic E-state index is 11.3. The van der Waals surface area contributed by atoms with Crippen LogP contribution in [-0.4, -0.2) is 13.0 Å². The van der Waals surface area contributed by atoms with Gasteiger partial charge in [0, 0.05) is 35.0 Å². The number of allylic oxidation sites excluding steroid dienone is 5. The van der Waals surface area contributed by atoms with Crippen LogP contribution in [0.1, 0.15) is 24.5 Å². The molecule has 0 fully saturated rings. The summed E-state index contributed by atoms with van der Waals surface area (Å²) in [7, 11) is 1.95. The zero-order chi connectivity index (χ0) is 18.1. The highest BCUT2D eigenvalue weighted by atomic mass is 32.2. The number of hydrogen-bond acceptors (Lipinski definition) is 4. The van der Waals surface area contributed by atoms with Gasteiger partial charge in [-0.1, -0.05) is 48.2 Å². The van der Waals surface area contributed by atoms with E-state index in [9.17, 15) is 4.79 Å². The quantitative estimate of drug-likeness (QED) is 0.577. The second kappa shape index (κ2) is 6.89. The van der Waals surface area contributed by atoms with E-state index in [2.05, 4.69) is 41.7 Å². The van der Waals surface area contributed by atoms with E-state index in [1.165, 1.54) is 33.4 Å². The predicted octanol–water partition coefficient (Wildman–Crippen LogP) is 5.51. The van der Waals surface area contributed by atoms with Gasteiger partial charge in [0.2, 0.25) is 0 Å². The molecule has 0 saturated heterocycles. The normalized spacial score (nSPS) is 15.1. The molecule has 1 aliphatic heterocycles. The first-order valence-electron chi connectivity index (χ1n) is 8.55. The number of fused-ring (bicyclic) bond motifs is 3. The number of thioether (sulfide) groups is 1. The van der Waals surface area contributed by atoms with E-state index in [4.69, 9.17) is 4.74 Å². The van der Waals surface area contributed by atoms with Gasteiger partial charge in [-0.3, -0.25) is 4.79 Å². The molecule has 0 bridgehead atoms. The van der Waals surface area contributed by atoms with Crippen molar-refractivity contribution >= 4 is 33.9 Å². The molecule has 0 spiro atoms. The van der Waals surface area contributed by atoms with Gasteiger partial charge in [-0.05, 0) is 47.4 Å². The number of nitrogens with one attached hydrogen (secondary N) is 1. The molecule has 0 aromatic heterocycles. The van der Waals surface area contributed by atoms with Crippen molar-refractivity contribution in [2.24, 2.45) is 0 Å². The number of esters is 1. The van der Waals surface area contributed by atoms with Crippen LogP contribution in [0.3, 0.4) is 0 Å². The van der Waals surface area contributed by atoms with E-state index < -0.39 is 0 Å². The molecule has 1 heterocycles. The third-order valence-corrected chi connectivity index (χ3v) is 5.72. The molecule has 1 N–H and O–H groups in total. The minimum atomic E-state index is -0.301. The summed E-state index contributed by atoms with van der Waals surface area (Å²) in [6.07, 6.45) is 7.32. The first-order chi connectivity index (χ1) is 12.7. The molecular formula is C22H19NO2S. The number of para-hydroxylation sites is 1. The van der Waals surface area contributed by atoms with Crippen molar-refractivity contribution in [2.75, 3.05) is 12.4 Å². The Kier molecular flexibility index (Phi) is 4.43. The molecule has 0 saturated carbocycles. The maximum Gasteiger partial charge on any atom is 0.308 e. The molecule has 1 aliphatic carbocycles. The zero-order valence-corrected chi connectivity index (χ0v) is 15.5. The summed E-state index contributed by atoms with van der Waals surface area (Å²) in [6.45, 7) is 1.43. The average Bonchev–Trinajstić information content (AvgIpc) is 2.67. The van der Waals surface area contributed by atoms with E-state index in [0.29, 0.717) is 5.75 Å². The SMILES string of the molecule is CNc1ccccc1C1=C2CC=CC=C2c2cc(OC(C)=O)ccc2S1. The Morgan fingerprint density at radius 2 is 2.00 bits per heavy atom. The van der Waals surface area contributed by atoms with Crippen LogP contribution in [0.25, 0.3) is 10.5 Å². The molecule has 26 heavy (non-hydrogen) atoms. The lowest BCUT2D eigenvalue weighted by atomic mass is 9.89. The monoisotopic (exact) mass is 361 g/mol. The van der Waals surface area contributed by atoms with Crippen LogP contribution >= 0.6 is 11.8 Å². The van der Waals surface area contributed by atoms with Gasteiger partial charge >= 0.3 is 5.97 Å². The van der Waals surface area contributed by atoms with Crippen molar-refractivity contribution in [1.29, 1.82) is 0 Å². The Balaban J connectivity index is 1.86. The van der Waals surface area contributed by atoms with Gasteiger partial charge in [0.25, 0.3) is 0 Å². The standard InChI is InChI=1S/C22H19NO2S/c1-14(24)25-15-11-12-21-19(13-15)16-7-3-4-8-17(16)22(26-21)18-9-5-6-10-20(18)23-2/h3-7,9-13,23H,8H2,1-2H3. The highest BCUT2D eigenvalue weighted by molar-refractivity contribution is 8.08. The second-order valence-corrected chi connectivity index (χ2v) is 7.22. The fourth-order valence-electron chi connectivity index (χ4n) is 3.35. The lowest BCUT2D eigenvalue weighted by molar-refractivity contribution is -0.131. The molecule has 2 aromatic carbocycles. The van der Waals surface area contributed by atoms with Gasteiger partial charge in [0.15, 0.2) is 0 Å². The van der Waals surface area contributed by atoms with Crippen molar-refractivity contribution in [2.45, 2.75) is 18.2 Å². The minimum absolute atomic E-state index is 0.301. The van der Waals surface area contributed by atoms with E-state index in [-0.39, 0.29) is 5.97 Å². The van der Waals surface area contributed by atoms with Crippen LogP contribution < -0.4 is 10.1 Å². The third-order valence-electron chi connectivity index (χ3n) is 4.48. The van der Waals surface area contributed by atoms with Crippen LogP contribution in [0.2, 0.25) is 0 Å². The summed E-state index contributed by atoms with van der Waals surface area (Å²) in [4.78, 5) is 13.8. The number of benzene rings is 2. The summed E-state index contributed by atoms with van der Waals surface area (Å²) in [5.41, 5.74) is 5.98. The highest BCUT2D eigenvalue weighted by Gasteiger charge is 2.26. The summed E-state index contributed by atoms with van der Waals surface area (Å²) in [5.74, 6) is 0.288. The van der Waals surface area contributed by atoms with E-state index in [0.717, 1.165) is 17.7 Å². The molecule has 2 aromatic rings. The van der Waals surface area contributed by atoms with Crippen molar-refractivity contribution in [3.8, 4) is 5.75 Å². The number of carbonyl (C=O) groups is 1. The smallest absolute Gasteiger partial charge is 0.308 e. The summed E-state index contributed by atoms with van der Waals surface area (Å²) >= 11 is 1.78. The number of rotatable bonds is 3. The van der Waals surface area contributed by atoms with Crippen molar-refractivity contribution in [3.63, 3.8) is 0 Å². The zero-order valence-electron chi connectivity index (χ0n) is 14.7. The molecule has 0 unspecified atom stereocenters. The second-order valence-electron chi connectivity index (χ2n) is 6.17. The summed E-state index contributed by atoms with van der Waals surface area (Å²) in [6, 6.07) is 14.3. The van der Waals surface area contributed by atoms with Crippen LogP contribution in [0.5, 0.6) is 5.75 Å². The van der Waals surface area contributed by atoms with Gasteiger partial charge in [0.1, 0.15) is 5.75 Å². The van der Waals surface area contributed by atoms with Gasteiger partial charge in [-0.2, -0.15) is 0 Å². The van der Waals surface area contributed by atoms with Gasteiger partial charge < -0.3 is 10.1 Å². The molecule has 130 valence electrons. The fraction of sp³-hybridized carbons (Fsp3) is 0.136. The number of hydrogen-bond donors (Lipinski definition) is 1. The van der Waals surface area contributed by atoms with Crippen molar-refractivity contribution in [3.05, 3.63) is 77.4 Å². The molecule has 0 radical (unpaired) electrons. The van der Waals surface area contributed by atoms with Crippen LogP contribution in [0.15, 0.2) is 71.2 Å². The molecule has 0 amide bonds. The first-order valence-corrected chi connectivity index (χ1v) is 9.37. The lowest BCUT2D eigenvalue weighted by Gasteiger charge is -2.27. The van der Waals surface area contributed by atoms with Gasteiger partial charge in [-0.25, -0.2) is 0 Å². The number of ether oxygens (including phenoxy) is 1. The third kappa shape index (κ3) is 2.97. The van der Waals surface area contributed by atoms with Crippen molar-refractivity contribution < 1.29 is 9.53 Å². The Bertz CT molecular complexity index is 985. The fourth-order valence-corrected chi connectivity index (χ4v) is 4.59. The predicted molar refractivity (Wildman–Crippen MR) is 108 cm³/mol. The molecule has 4 rings (SSSR count). The molecule has 4 heteroatoms. The Morgan fingerprint density at radius 1 is 1.15 bits per heavy atom. The molecular weight excluding hydrogens is 342 g/mol. The number of carbonyl (C=O) groups excluding carboxylic acids is 1. The maximum absolute atomic E-state index is 11.3. The Labute approximate surface area is 157 Å². The van der Waals surface area contributed by atoms with E-state index in [1.807, 2.05) is 31.3 Å². The van der Waals surface area contributed by atoms with E-state index >= 15 is 0 Å². The lowest BCUT2D eigenvalue weighted by Crippen LogP contribution is -2.06. The van der Waals surface area contributed by atoms with Gasteiger partial charge in [-0.15, -0.1) is 0 Å². The molecule has 2 aliphatic rings. The van der Waals surface area contributed by atoms with Crippen LogP contribution in [0, 0.1) is 0 Å². The minimum Gasteiger partial charge on any atom is -0.427 e. The molecule has 3 nitrogen and oxygen atoms in total. The summed E-state index contributed by atoms with van der Waals surface area (Å²) in [5, 5.41) is 3.30. The van der Waals surface area contributed by atoms with Crippen LogP contribution in [-0.2, 0) is 4.79 Å². The van der Waals surface area contributed by atoms with E-state index in [1.54, 1.807) is 11.8 Å². The topological polar surface area (TPSA) is 38.3 Å². The molecule has 0 atom stereocenters. The Morgan fingerprint density at radius 3 is 2.81 bits per heavy atom. The highest BCUT2D eigenvalue weighted by Crippen LogP contribution is 2.52.